The lowest BCUT2D eigenvalue weighted by molar-refractivity contribution is -0.394. The minimum atomic E-state index is -1.63. The predicted octanol–water partition coefficient (Wildman–Crippen LogP) is 4.85. The number of nitrogens with zero attached hydrogens (tertiary/aromatic N) is 3. The molecule has 0 N–H and O–H groups in total. The summed E-state index contributed by atoms with van der Waals surface area (Å²) in [6.07, 6.45) is -1.63. The molecule has 0 radical (unpaired) electrons. The summed E-state index contributed by atoms with van der Waals surface area (Å²) >= 11 is 5.93. The van der Waals surface area contributed by atoms with Gasteiger partial charge in [0, 0.05) is 29.3 Å². The van der Waals surface area contributed by atoms with E-state index in [4.69, 9.17) is 16.3 Å². The molecule has 3 rings (SSSR count). The zero-order valence-electron chi connectivity index (χ0n) is 16.8. The van der Waals surface area contributed by atoms with Crippen molar-refractivity contribution in [2.75, 3.05) is 0 Å². The molecule has 0 unspecified atom stereocenters. The Morgan fingerprint density at radius 1 is 0.794 bits per heavy atom. The number of nitro groups is 3. The summed E-state index contributed by atoms with van der Waals surface area (Å²) in [4.78, 5) is 56.7. The summed E-state index contributed by atoms with van der Waals surface area (Å²) in [6.45, 7) is 0. The molecule has 3 aromatic carbocycles. The Morgan fingerprint density at radius 2 is 1.38 bits per heavy atom. The van der Waals surface area contributed by atoms with Crippen molar-refractivity contribution in [3.8, 4) is 0 Å². The first-order valence-electron chi connectivity index (χ1n) is 9.27. The molecule has 34 heavy (non-hydrogen) atoms. The van der Waals surface area contributed by atoms with Gasteiger partial charge in [0.2, 0.25) is 5.78 Å². The molecule has 1 atom stereocenters. The highest BCUT2D eigenvalue weighted by Gasteiger charge is 2.32. The standard InChI is InChI=1S/C21H12ClN3O9/c22-18-16(10-15(24(30)31)11-17(18)25(32)33)21(27)34-20(19(26)12-4-2-1-3-5-12)13-6-8-14(9-7-13)23(28)29/h1-11,20H/t20-/m0/s1. The van der Waals surface area contributed by atoms with Gasteiger partial charge in [-0.05, 0) is 12.1 Å². The quantitative estimate of drug-likeness (QED) is 0.187. The molecule has 0 spiro atoms. The maximum Gasteiger partial charge on any atom is 0.341 e. The van der Waals surface area contributed by atoms with Crippen molar-refractivity contribution in [2.45, 2.75) is 6.10 Å². The number of esters is 1. The first-order valence-corrected chi connectivity index (χ1v) is 9.65. The number of Topliss-reactive ketones (excluding diaryl/α,β-unsaturated/α-hetero) is 1. The Hall–Kier alpha value is -4.71. The number of hydrogen-bond donors (Lipinski definition) is 0. The number of ether oxygens (including phenoxy) is 1. The van der Waals surface area contributed by atoms with Gasteiger partial charge >= 0.3 is 5.97 Å². The highest BCUT2D eigenvalue weighted by Crippen LogP contribution is 2.35. The van der Waals surface area contributed by atoms with Gasteiger partial charge in [0.15, 0.2) is 6.10 Å². The summed E-state index contributed by atoms with van der Waals surface area (Å²) in [5.41, 5.74) is -2.47. The Balaban J connectivity index is 2.07. The second-order valence-corrected chi connectivity index (χ2v) is 7.08. The maximum atomic E-state index is 13.1. The molecule has 0 fully saturated rings. The molecule has 13 heteroatoms. The molecule has 0 amide bonds. The van der Waals surface area contributed by atoms with Crippen molar-refractivity contribution in [3.05, 3.63) is 119 Å². The van der Waals surface area contributed by atoms with E-state index in [9.17, 15) is 39.9 Å². The summed E-state index contributed by atoms with van der Waals surface area (Å²) in [7, 11) is 0. The van der Waals surface area contributed by atoms with Crippen LogP contribution in [0.3, 0.4) is 0 Å². The number of hydrogen-bond acceptors (Lipinski definition) is 9. The molecule has 0 bridgehead atoms. The summed E-state index contributed by atoms with van der Waals surface area (Å²) in [5.74, 6) is -2.05. The maximum absolute atomic E-state index is 13.1. The Labute approximate surface area is 194 Å². The van der Waals surface area contributed by atoms with Crippen LogP contribution in [0, 0.1) is 30.3 Å². The van der Waals surface area contributed by atoms with Gasteiger partial charge < -0.3 is 4.74 Å². The number of non-ortho nitro benzene ring substituents is 2. The average molecular weight is 486 g/mol. The smallest absolute Gasteiger partial charge is 0.341 e. The molecular weight excluding hydrogens is 474 g/mol. The lowest BCUT2D eigenvalue weighted by Crippen LogP contribution is -2.21. The molecular formula is C21H12ClN3O9. The van der Waals surface area contributed by atoms with Crippen LogP contribution >= 0.6 is 11.6 Å². The number of nitro benzene ring substituents is 3. The van der Waals surface area contributed by atoms with Crippen LogP contribution in [0.2, 0.25) is 5.02 Å². The second kappa shape index (κ2) is 9.83. The van der Waals surface area contributed by atoms with Crippen molar-refractivity contribution in [1.29, 1.82) is 0 Å². The van der Waals surface area contributed by atoms with E-state index in [2.05, 4.69) is 0 Å². The zero-order valence-corrected chi connectivity index (χ0v) is 17.6. The normalized spacial score (nSPS) is 11.3. The van der Waals surface area contributed by atoms with E-state index in [1.807, 2.05) is 0 Å². The highest BCUT2D eigenvalue weighted by atomic mass is 35.5. The third-order valence-corrected chi connectivity index (χ3v) is 4.99. The van der Waals surface area contributed by atoms with Crippen LogP contribution in [0.15, 0.2) is 66.7 Å². The highest BCUT2D eigenvalue weighted by molar-refractivity contribution is 6.35. The molecule has 12 nitrogen and oxygen atoms in total. The van der Waals surface area contributed by atoms with E-state index < -0.39 is 54.6 Å². The van der Waals surface area contributed by atoms with Gasteiger partial charge in [-0.1, -0.05) is 41.9 Å². The van der Waals surface area contributed by atoms with Crippen LogP contribution in [0.1, 0.15) is 32.4 Å². The first-order chi connectivity index (χ1) is 16.1. The largest absolute Gasteiger partial charge is 0.445 e. The Kier molecular flexibility index (Phi) is 6.92. The molecule has 0 heterocycles. The number of carbonyl (C=O) groups is 2. The van der Waals surface area contributed by atoms with Crippen LogP contribution < -0.4 is 0 Å². The molecule has 0 saturated heterocycles. The molecule has 0 aliphatic carbocycles. The van der Waals surface area contributed by atoms with Crippen molar-refractivity contribution in [1.82, 2.24) is 0 Å². The van der Waals surface area contributed by atoms with Crippen LogP contribution in [-0.2, 0) is 4.74 Å². The second-order valence-electron chi connectivity index (χ2n) is 6.70. The van der Waals surface area contributed by atoms with Gasteiger partial charge in [0.1, 0.15) is 5.02 Å². The van der Waals surface area contributed by atoms with E-state index in [-0.39, 0.29) is 16.8 Å². The van der Waals surface area contributed by atoms with Crippen molar-refractivity contribution < 1.29 is 29.1 Å². The average Bonchev–Trinajstić information content (AvgIpc) is 2.82. The monoisotopic (exact) mass is 485 g/mol. The minimum absolute atomic E-state index is 0.0591. The van der Waals surface area contributed by atoms with Crippen LogP contribution in [0.4, 0.5) is 17.1 Å². The molecule has 172 valence electrons. The molecule has 0 saturated carbocycles. The fourth-order valence-electron chi connectivity index (χ4n) is 2.95. The van der Waals surface area contributed by atoms with Gasteiger partial charge in [-0.25, -0.2) is 4.79 Å². The van der Waals surface area contributed by atoms with E-state index in [1.54, 1.807) is 18.2 Å². The van der Waals surface area contributed by atoms with Crippen molar-refractivity contribution >= 4 is 40.4 Å². The molecule has 0 aliphatic rings. The zero-order chi connectivity index (χ0) is 25.0. The number of carbonyl (C=O) groups excluding carboxylic acids is 2. The van der Waals surface area contributed by atoms with E-state index in [0.717, 1.165) is 12.1 Å². The predicted molar refractivity (Wildman–Crippen MR) is 117 cm³/mol. The van der Waals surface area contributed by atoms with Crippen LogP contribution in [-0.4, -0.2) is 26.5 Å². The van der Waals surface area contributed by atoms with E-state index >= 15 is 0 Å². The third-order valence-electron chi connectivity index (χ3n) is 4.59. The SMILES string of the molecule is O=C(O[C@H](C(=O)c1ccccc1)c1ccc([N+](=O)[O-])cc1)c1cc([N+](=O)[O-])cc([N+](=O)[O-])c1Cl. The lowest BCUT2D eigenvalue weighted by Gasteiger charge is -2.18. The number of ketones is 1. The van der Waals surface area contributed by atoms with Gasteiger partial charge in [0.05, 0.1) is 26.4 Å². The van der Waals surface area contributed by atoms with Gasteiger partial charge in [-0.15, -0.1) is 0 Å². The Bertz CT molecular complexity index is 1310. The third kappa shape index (κ3) is 5.02. The van der Waals surface area contributed by atoms with Crippen molar-refractivity contribution in [3.63, 3.8) is 0 Å². The number of halogens is 1. The topological polar surface area (TPSA) is 173 Å². The van der Waals surface area contributed by atoms with Crippen molar-refractivity contribution in [2.24, 2.45) is 0 Å². The lowest BCUT2D eigenvalue weighted by atomic mass is 9.99. The fraction of sp³-hybridized carbons (Fsp3) is 0.0476. The van der Waals surface area contributed by atoms with Crippen LogP contribution in [0.25, 0.3) is 0 Å². The van der Waals surface area contributed by atoms with Gasteiger partial charge in [-0.2, -0.15) is 0 Å². The van der Waals surface area contributed by atoms with Gasteiger partial charge in [0.25, 0.3) is 17.1 Å². The Morgan fingerprint density at radius 3 is 1.91 bits per heavy atom. The number of rotatable bonds is 8. The minimum Gasteiger partial charge on any atom is -0.445 e. The number of benzene rings is 3. The summed E-state index contributed by atoms with van der Waals surface area (Å²) in [6, 6.07) is 13.5. The molecule has 0 aliphatic heterocycles. The fourth-order valence-corrected chi connectivity index (χ4v) is 3.20. The van der Waals surface area contributed by atoms with E-state index in [1.165, 1.54) is 24.3 Å². The molecule has 3 aromatic rings. The van der Waals surface area contributed by atoms with Crippen LogP contribution in [0.5, 0.6) is 0 Å². The van der Waals surface area contributed by atoms with Gasteiger partial charge in [-0.3, -0.25) is 35.1 Å². The summed E-state index contributed by atoms with van der Waals surface area (Å²) in [5, 5.41) is 32.6. The van der Waals surface area contributed by atoms with E-state index in [0.29, 0.717) is 12.1 Å². The molecule has 0 aromatic heterocycles. The first kappa shape index (κ1) is 23.9. The summed E-state index contributed by atoms with van der Waals surface area (Å²) < 4.78 is 5.30.